The van der Waals surface area contributed by atoms with Crippen molar-refractivity contribution < 1.29 is 28.5 Å². The van der Waals surface area contributed by atoms with Gasteiger partial charge in [0.15, 0.2) is 0 Å². The highest BCUT2D eigenvalue weighted by Crippen LogP contribution is 2.36. The Balaban J connectivity index is 1.71. The van der Waals surface area contributed by atoms with Crippen LogP contribution in [0.5, 0.6) is 23.0 Å². The van der Waals surface area contributed by atoms with Crippen molar-refractivity contribution in [1.29, 1.82) is 0 Å². The molecular formula is C29H29ClN4O6. The first kappa shape index (κ1) is 27.1. The van der Waals surface area contributed by atoms with Gasteiger partial charge in [-0.05, 0) is 53.9 Å². The Kier molecular flexibility index (Phi) is 7.97. The average Bonchev–Trinajstić information content (AvgIpc) is 3.41. The Morgan fingerprint density at radius 3 is 2.05 bits per heavy atom. The molecule has 1 fully saturated rings. The van der Waals surface area contributed by atoms with Gasteiger partial charge >= 0.3 is 6.09 Å². The molecule has 1 aliphatic heterocycles. The molecule has 11 heteroatoms. The standard InChI is InChI=1S/C29H29ClN4O6/c1-36-21-5-7-24(38-3)19(11-21)16-33(17-20-12-22(37-2)6-8-25(20)39-4)28-23-15-31-26(30)13-18(23)14-27(32-28)34-9-10-40-29(34)35/h5-8,11-15H,9-10,16-17H2,1-4H3. The molecule has 5 rings (SSSR count). The van der Waals surface area contributed by atoms with Gasteiger partial charge in [0.25, 0.3) is 0 Å². The van der Waals surface area contributed by atoms with Gasteiger partial charge in [-0.25, -0.2) is 14.8 Å². The normalized spacial score (nSPS) is 12.8. The van der Waals surface area contributed by atoms with Gasteiger partial charge in [-0.2, -0.15) is 0 Å². The largest absolute Gasteiger partial charge is 0.497 e. The number of aromatic nitrogens is 2. The maximum Gasteiger partial charge on any atom is 0.415 e. The second kappa shape index (κ2) is 11.7. The predicted octanol–water partition coefficient (Wildman–Crippen LogP) is 5.48. The molecule has 0 N–H and O–H groups in total. The zero-order valence-electron chi connectivity index (χ0n) is 22.6. The number of fused-ring (bicyclic) bond motifs is 1. The summed E-state index contributed by atoms with van der Waals surface area (Å²) in [6.07, 6.45) is 1.23. The van der Waals surface area contributed by atoms with Gasteiger partial charge in [-0.1, -0.05) is 11.6 Å². The molecule has 208 valence electrons. The lowest BCUT2D eigenvalue weighted by Crippen LogP contribution is -2.28. The minimum Gasteiger partial charge on any atom is -0.497 e. The summed E-state index contributed by atoms with van der Waals surface area (Å²) < 4.78 is 27.6. The van der Waals surface area contributed by atoms with Crippen molar-refractivity contribution in [2.75, 3.05) is 51.4 Å². The van der Waals surface area contributed by atoms with E-state index in [0.717, 1.165) is 21.9 Å². The number of amides is 1. The summed E-state index contributed by atoms with van der Waals surface area (Å²) >= 11 is 6.29. The van der Waals surface area contributed by atoms with Crippen molar-refractivity contribution >= 4 is 40.1 Å². The fourth-order valence-corrected chi connectivity index (χ4v) is 4.87. The number of carbonyl (C=O) groups excluding carboxylic acids is 1. The number of pyridine rings is 2. The van der Waals surface area contributed by atoms with Crippen LogP contribution in [-0.4, -0.2) is 57.7 Å². The quantitative estimate of drug-likeness (QED) is 0.232. The molecule has 0 aliphatic carbocycles. The minimum atomic E-state index is -0.451. The van der Waals surface area contributed by atoms with E-state index in [0.29, 0.717) is 59.4 Å². The van der Waals surface area contributed by atoms with E-state index in [-0.39, 0.29) is 6.61 Å². The number of ether oxygens (including phenoxy) is 5. The van der Waals surface area contributed by atoms with Crippen molar-refractivity contribution in [3.05, 3.63) is 71.0 Å². The summed E-state index contributed by atoms with van der Waals surface area (Å²) in [5.74, 6) is 3.80. The van der Waals surface area contributed by atoms with Crippen LogP contribution in [0.4, 0.5) is 16.4 Å². The highest BCUT2D eigenvalue weighted by molar-refractivity contribution is 6.30. The molecule has 0 unspecified atom stereocenters. The van der Waals surface area contributed by atoms with E-state index in [9.17, 15) is 4.79 Å². The van der Waals surface area contributed by atoms with Crippen LogP contribution < -0.4 is 28.7 Å². The molecule has 3 heterocycles. The molecule has 10 nitrogen and oxygen atoms in total. The van der Waals surface area contributed by atoms with Gasteiger partial charge in [0.2, 0.25) is 0 Å². The highest BCUT2D eigenvalue weighted by atomic mass is 35.5. The maximum atomic E-state index is 12.5. The number of benzene rings is 2. The van der Waals surface area contributed by atoms with Crippen LogP contribution in [0.2, 0.25) is 5.15 Å². The van der Waals surface area contributed by atoms with Crippen molar-refractivity contribution in [3.63, 3.8) is 0 Å². The van der Waals surface area contributed by atoms with E-state index < -0.39 is 6.09 Å². The Morgan fingerprint density at radius 2 is 1.52 bits per heavy atom. The summed E-state index contributed by atoms with van der Waals surface area (Å²) in [5.41, 5.74) is 1.73. The summed E-state index contributed by atoms with van der Waals surface area (Å²) in [6, 6.07) is 14.8. The number of rotatable bonds is 10. The topological polar surface area (TPSA) is 95.5 Å². The van der Waals surface area contributed by atoms with Crippen molar-refractivity contribution in [3.8, 4) is 23.0 Å². The molecule has 2 aromatic heterocycles. The Hall–Kier alpha value is -4.44. The number of carbonyl (C=O) groups is 1. The number of hydrogen-bond acceptors (Lipinski definition) is 9. The van der Waals surface area contributed by atoms with Gasteiger partial charge in [0, 0.05) is 35.8 Å². The van der Waals surface area contributed by atoms with Crippen LogP contribution >= 0.6 is 11.6 Å². The van der Waals surface area contributed by atoms with Crippen LogP contribution in [-0.2, 0) is 17.8 Å². The van der Waals surface area contributed by atoms with E-state index in [1.54, 1.807) is 40.7 Å². The SMILES string of the molecule is COc1ccc(OC)c(CN(Cc2cc(OC)ccc2OC)c2nc(N3CCOC3=O)cc3cc(Cl)ncc23)c1. The van der Waals surface area contributed by atoms with Gasteiger partial charge < -0.3 is 28.6 Å². The average molecular weight is 565 g/mol. The molecule has 1 aliphatic rings. The molecule has 4 aromatic rings. The van der Waals surface area contributed by atoms with Crippen molar-refractivity contribution in [2.24, 2.45) is 0 Å². The molecular weight excluding hydrogens is 536 g/mol. The number of cyclic esters (lactones) is 1. The third-order valence-electron chi connectivity index (χ3n) is 6.68. The molecule has 40 heavy (non-hydrogen) atoms. The lowest BCUT2D eigenvalue weighted by molar-refractivity contribution is 0.181. The lowest BCUT2D eigenvalue weighted by atomic mass is 10.1. The first-order chi connectivity index (χ1) is 19.4. The van der Waals surface area contributed by atoms with Crippen LogP contribution in [0.15, 0.2) is 54.7 Å². The first-order valence-electron chi connectivity index (χ1n) is 12.5. The summed E-state index contributed by atoms with van der Waals surface area (Å²) in [6.45, 7) is 1.43. The van der Waals surface area contributed by atoms with E-state index in [1.807, 2.05) is 42.5 Å². The summed E-state index contributed by atoms with van der Waals surface area (Å²) in [4.78, 5) is 25.4. The molecule has 0 bridgehead atoms. The Labute approximate surface area is 236 Å². The third kappa shape index (κ3) is 5.48. The monoisotopic (exact) mass is 564 g/mol. The Bertz CT molecular complexity index is 1490. The van der Waals surface area contributed by atoms with Gasteiger partial charge in [-0.3, -0.25) is 4.90 Å². The van der Waals surface area contributed by atoms with E-state index in [4.69, 9.17) is 40.3 Å². The second-order valence-corrected chi connectivity index (χ2v) is 9.40. The van der Waals surface area contributed by atoms with Crippen LogP contribution in [0, 0.1) is 0 Å². The van der Waals surface area contributed by atoms with Crippen molar-refractivity contribution in [1.82, 2.24) is 9.97 Å². The zero-order chi connectivity index (χ0) is 28.2. The van der Waals surface area contributed by atoms with Gasteiger partial charge in [-0.15, -0.1) is 0 Å². The lowest BCUT2D eigenvalue weighted by Gasteiger charge is -2.28. The summed E-state index contributed by atoms with van der Waals surface area (Å²) in [5, 5.41) is 1.86. The van der Waals surface area contributed by atoms with E-state index in [1.165, 1.54) is 4.90 Å². The zero-order valence-corrected chi connectivity index (χ0v) is 23.4. The summed E-state index contributed by atoms with van der Waals surface area (Å²) in [7, 11) is 6.49. The fourth-order valence-electron chi connectivity index (χ4n) is 4.70. The molecule has 1 saturated heterocycles. The smallest absolute Gasteiger partial charge is 0.415 e. The Morgan fingerprint density at radius 1 is 0.900 bits per heavy atom. The number of anilines is 2. The molecule has 0 spiro atoms. The molecule has 1 amide bonds. The second-order valence-electron chi connectivity index (χ2n) is 9.01. The minimum absolute atomic E-state index is 0.288. The van der Waals surface area contributed by atoms with Crippen LogP contribution in [0.3, 0.4) is 0 Å². The number of hydrogen-bond donors (Lipinski definition) is 0. The molecule has 0 atom stereocenters. The number of nitrogens with zero attached hydrogens (tertiary/aromatic N) is 4. The molecule has 0 saturated carbocycles. The van der Waals surface area contributed by atoms with Crippen LogP contribution in [0.25, 0.3) is 10.8 Å². The first-order valence-corrected chi connectivity index (χ1v) is 12.9. The van der Waals surface area contributed by atoms with Gasteiger partial charge in [0.05, 0.1) is 35.0 Å². The molecule has 0 radical (unpaired) electrons. The number of methoxy groups -OCH3 is 4. The van der Waals surface area contributed by atoms with E-state index in [2.05, 4.69) is 9.88 Å². The third-order valence-corrected chi connectivity index (χ3v) is 6.89. The number of halogens is 1. The predicted molar refractivity (Wildman–Crippen MR) is 152 cm³/mol. The highest BCUT2D eigenvalue weighted by Gasteiger charge is 2.27. The molecule has 2 aromatic carbocycles. The van der Waals surface area contributed by atoms with Crippen molar-refractivity contribution in [2.45, 2.75) is 13.1 Å². The van der Waals surface area contributed by atoms with Crippen LogP contribution in [0.1, 0.15) is 11.1 Å². The maximum absolute atomic E-state index is 12.5. The van der Waals surface area contributed by atoms with Gasteiger partial charge in [0.1, 0.15) is 46.4 Å². The fraction of sp³-hybridized carbons (Fsp3) is 0.276. The van der Waals surface area contributed by atoms with E-state index >= 15 is 0 Å².